The van der Waals surface area contributed by atoms with Gasteiger partial charge in [-0.25, -0.2) is 4.98 Å². The minimum atomic E-state index is 0.692. The molecule has 0 saturated carbocycles. The Labute approximate surface area is 144 Å². The number of ether oxygens (including phenoxy) is 1. The van der Waals surface area contributed by atoms with Gasteiger partial charge in [0.05, 0.1) is 5.52 Å². The quantitative estimate of drug-likeness (QED) is 0.466. The van der Waals surface area contributed by atoms with Crippen LogP contribution >= 0.6 is 0 Å². The molecule has 2 nitrogen and oxygen atoms in total. The van der Waals surface area contributed by atoms with Crippen molar-refractivity contribution in [3.8, 4) is 11.6 Å². The summed E-state index contributed by atoms with van der Waals surface area (Å²) >= 11 is 0. The molecule has 0 unspecified atom stereocenters. The van der Waals surface area contributed by atoms with Gasteiger partial charge in [0.25, 0.3) is 0 Å². The first-order valence-corrected chi connectivity index (χ1v) is 8.89. The number of aryl methyl sites for hydroxylation is 2. The number of pyridine rings is 1. The minimum absolute atomic E-state index is 0.692. The zero-order valence-corrected chi connectivity index (χ0v) is 14.6. The van der Waals surface area contributed by atoms with Crippen LogP contribution in [0, 0.1) is 6.92 Å². The fraction of sp³-hybridized carbons (Fsp3) is 0.318. The van der Waals surface area contributed by atoms with Gasteiger partial charge in [-0.1, -0.05) is 56.5 Å². The van der Waals surface area contributed by atoms with Gasteiger partial charge >= 0.3 is 0 Å². The maximum Gasteiger partial charge on any atom is 0.222 e. The third-order valence-electron chi connectivity index (χ3n) is 4.30. The van der Waals surface area contributed by atoms with Crippen LogP contribution < -0.4 is 4.74 Å². The first-order valence-electron chi connectivity index (χ1n) is 8.89. The van der Waals surface area contributed by atoms with E-state index in [0.29, 0.717) is 5.88 Å². The fourth-order valence-electron chi connectivity index (χ4n) is 2.94. The second-order valence-electron chi connectivity index (χ2n) is 6.36. The number of fused-ring (bicyclic) bond motifs is 1. The molecule has 0 N–H and O–H groups in total. The lowest BCUT2D eigenvalue weighted by Crippen LogP contribution is -1.93. The molecule has 0 saturated heterocycles. The van der Waals surface area contributed by atoms with Crippen LogP contribution in [0.3, 0.4) is 0 Å². The largest absolute Gasteiger partial charge is 0.439 e. The van der Waals surface area contributed by atoms with Crippen molar-refractivity contribution >= 4 is 10.9 Å². The van der Waals surface area contributed by atoms with E-state index in [-0.39, 0.29) is 0 Å². The lowest BCUT2D eigenvalue weighted by Gasteiger charge is -2.10. The maximum absolute atomic E-state index is 6.07. The van der Waals surface area contributed by atoms with Gasteiger partial charge in [0.2, 0.25) is 5.88 Å². The Morgan fingerprint density at radius 1 is 0.917 bits per heavy atom. The van der Waals surface area contributed by atoms with Gasteiger partial charge in [-0.15, -0.1) is 0 Å². The predicted molar refractivity (Wildman–Crippen MR) is 101 cm³/mol. The van der Waals surface area contributed by atoms with Crippen LogP contribution in [0.4, 0.5) is 0 Å². The Morgan fingerprint density at radius 2 is 1.79 bits per heavy atom. The molecule has 0 atom stereocenters. The van der Waals surface area contributed by atoms with E-state index in [1.54, 1.807) is 0 Å². The van der Waals surface area contributed by atoms with Crippen LogP contribution in [-0.4, -0.2) is 4.98 Å². The van der Waals surface area contributed by atoms with E-state index in [0.717, 1.165) is 28.6 Å². The van der Waals surface area contributed by atoms with Gasteiger partial charge in [-0.05, 0) is 49.6 Å². The normalized spacial score (nSPS) is 10.9. The van der Waals surface area contributed by atoms with Crippen LogP contribution in [0.2, 0.25) is 0 Å². The molecule has 0 aliphatic heterocycles. The number of unbranched alkanes of at least 4 members (excludes halogenated alkanes) is 3. The Kier molecular flexibility index (Phi) is 5.47. The van der Waals surface area contributed by atoms with Gasteiger partial charge < -0.3 is 4.74 Å². The summed E-state index contributed by atoms with van der Waals surface area (Å²) < 4.78 is 6.07. The molecule has 0 radical (unpaired) electrons. The second-order valence-corrected chi connectivity index (χ2v) is 6.36. The zero-order chi connectivity index (χ0) is 16.8. The molecule has 2 aromatic carbocycles. The molecule has 0 spiro atoms. The third-order valence-corrected chi connectivity index (χ3v) is 4.30. The number of aromatic nitrogens is 1. The first kappa shape index (κ1) is 16.5. The predicted octanol–water partition coefficient (Wildman–Crippen LogP) is 6.46. The maximum atomic E-state index is 6.07. The summed E-state index contributed by atoms with van der Waals surface area (Å²) in [5, 5.41) is 1.15. The number of hydrogen-bond donors (Lipinski definition) is 0. The molecule has 3 aromatic rings. The number of nitrogens with zero attached hydrogens (tertiary/aromatic N) is 1. The van der Waals surface area contributed by atoms with E-state index in [1.807, 2.05) is 31.2 Å². The lowest BCUT2D eigenvalue weighted by atomic mass is 10.1. The van der Waals surface area contributed by atoms with Crippen LogP contribution in [0.25, 0.3) is 10.9 Å². The number of benzene rings is 2. The SMILES string of the molecule is CCCCCCc1cccc(Oc2nc3ccccc3cc2C)c1. The van der Waals surface area contributed by atoms with Crippen LogP contribution in [0.5, 0.6) is 11.6 Å². The van der Waals surface area contributed by atoms with Crippen molar-refractivity contribution in [3.05, 3.63) is 65.7 Å². The number of hydrogen-bond acceptors (Lipinski definition) is 2. The average molecular weight is 319 g/mol. The molecule has 24 heavy (non-hydrogen) atoms. The van der Waals surface area contributed by atoms with E-state index >= 15 is 0 Å². The molecule has 0 fully saturated rings. The fourth-order valence-corrected chi connectivity index (χ4v) is 2.94. The highest BCUT2D eigenvalue weighted by atomic mass is 16.5. The lowest BCUT2D eigenvalue weighted by molar-refractivity contribution is 0.460. The van der Waals surface area contributed by atoms with Crippen molar-refractivity contribution in [3.63, 3.8) is 0 Å². The summed E-state index contributed by atoms with van der Waals surface area (Å²) in [6.07, 6.45) is 6.24. The van der Waals surface area contributed by atoms with Gasteiger partial charge in [-0.3, -0.25) is 0 Å². The van der Waals surface area contributed by atoms with Gasteiger partial charge in [0.1, 0.15) is 5.75 Å². The highest BCUT2D eigenvalue weighted by molar-refractivity contribution is 5.80. The average Bonchev–Trinajstić information content (AvgIpc) is 2.60. The molecular formula is C22H25NO. The summed E-state index contributed by atoms with van der Waals surface area (Å²) in [6, 6.07) is 18.7. The van der Waals surface area contributed by atoms with E-state index in [4.69, 9.17) is 4.74 Å². The van der Waals surface area contributed by atoms with Gasteiger partial charge in [-0.2, -0.15) is 0 Å². The number of rotatable bonds is 7. The van der Waals surface area contributed by atoms with Crippen molar-refractivity contribution in [1.29, 1.82) is 0 Å². The Balaban J connectivity index is 1.75. The van der Waals surface area contributed by atoms with E-state index in [9.17, 15) is 0 Å². The molecule has 3 rings (SSSR count). The smallest absolute Gasteiger partial charge is 0.222 e. The summed E-state index contributed by atoms with van der Waals surface area (Å²) in [5.74, 6) is 1.56. The van der Waals surface area contributed by atoms with Crippen LogP contribution in [0.15, 0.2) is 54.6 Å². The zero-order valence-electron chi connectivity index (χ0n) is 14.6. The highest BCUT2D eigenvalue weighted by Crippen LogP contribution is 2.27. The summed E-state index contributed by atoms with van der Waals surface area (Å²) in [7, 11) is 0. The Bertz CT molecular complexity index is 810. The topological polar surface area (TPSA) is 22.1 Å². The highest BCUT2D eigenvalue weighted by Gasteiger charge is 2.06. The molecule has 0 amide bonds. The van der Waals surface area contributed by atoms with Crippen LogP contribution in [0.1, 0.15) is 43.7 Å². The molecule has 1 heterocycles. The van der Waals surface area contributed by atoms with Crippen molar-refractivity contribution in [2.45, 2.75) is 46.0 Å². The number of para-hydroxylation sites is 1. The van der Waals surface area contributed by atoms with Crippen molar-refractivity contribution in [2.75, 3.05) is 0 Å². The van der Waals surface area contributed by atoms with Crippen molar-refractivity contribution < 1.29 is 4.74 Å². The van der Waals surface area contributed by atoms with Gasteiger partial charge in [0, 0.05) is 10.9 Å². The second kappa shape index (κ2) is 7.96. The Hall–Kier alpha value is -2.35. The molecular weight excluding hydrogens is 294 g/mol. The van der Waals surface area contributed by atoms with Crippen LogP contribution in [-0.2, 0) is 6.42 Å². The molecule has 0 aliphatic carbocycles. The van der Waals surface area contributed by atoms with E-state index in [1.165, 1.54) is 31.2 Å². The first-order chi connectivity index (χ1) is 11.8. The molecule has 124 valence electrons. The van der Waals surface area contributed by atoms with Crippen molar-refractivity contribution in [2.24, 2.45) is 0 Å². The molecule has 2 heteroatoms. The summed E-state index contributed by atoms with van der Waals surface area (Å²) in [4.78, 5) is 4.66. The third kappa shape index (κ3) is 4.14. The molecule has 0 aliphatic rings. The van der Waals surface area contributed by atoms with Gasteiger partial charge in [0.15, 0.2) is 0 Å². The summed E-state index contributed by atoms with van der Waals surface area (Å²) in [6.45, 7) is 4.29. The Morgan fingerprint density at radius 3 is 2.67 bits per heavy atom. The van der Waals surface area contributed by atoms with Crippen molar-refractivity contribution in [1.82, 2.24) is 4.98 Å². The molecule has 1 aromatic heterocycles. The van der Waals surface area contributed by atoms with E-state index in [2.05, 4.69) is 42.2 Å². The summed E-state index contributed by atoms with van der Waals surface area (Å²) in [5.41, 5.74) is 3.36. The monoisotopic (exact) mass is 319 g/mol. The standard InChI is InChI=1S/C22H25NO/c1-3-4-5-6-10-18-11-9-13-20(16-18)24-22-17(2)15-19-12-7-8-14-21(19)23-22/h7-9,11-16H,3-6,10H2,1-2H3. The molecule has 0 bridgehead atoms. The van der Waals surface area contributed by atoms with E-state index < -0.39 is 0 Å². The minimum Gasteiger partial charge on any atom is -0.439 e.